The van der Waals surface area contributed by atoms with Crippen LogP contribution in [0.1, 0.15) is 37.3 Å². The number of carboxylic acid groups (broad SMARTS) is 1. The molecule has 246 valence electrons. The molecule has 0 bridgehead atoms. The average molecular weight is 772 g/mol. The maximum atomic E-state index is 12.1. The Morgan fingerprint density at radius 3 is 2.44 bits per heavy atom. The van der Waals surface area contributed by atoms with Crippen LogP contribution >= 0.6 is 34.4 Å². The fraction of sp³-hybridized carbons (Fsp3) is 0.275. The lowest BCUT2D eigenvalue weighted by Gasteiger charge is -2.29. The van der Waals surface area contributed by atoms with Gasteiger partial charge in [0.15, 0.2) is 12.3 Å². The van der Waals surface area contributed by atoms with Crippen LogP contribution in [0, 0.1) is 3.57 Å². The second-order valence-electron chi connectivity index (χ2n) is 12.1. The SMILES string of the molecule is CCCC1(Cc2ccccc2I)C(/C=C/C=C/C=C2/SCCN2CCOC=O)=[N+](CCC(=O)O)c2c1c1ccccc1c1ccccc21. The minimum atomic E-state index is -0.806. The van der Waals surface area contributed by atoms with Crippen molar-refractivity contribution in [2.75, 3.05) is 32.0 Å². The lowest BCUT2D eigenvalue weighted by atomic mass is 9.68. The molecule has 1 fully saturated rings. The van der Waals surface area contributed by atoms with E-state index in [0.29, 0.717) is 26.2 Å². The first-order valence-corrected chi connectivity index (χ1v) is 18.6. The number of aliphatic carboxylic acids is 1. The van der Waals surface area contributed by atoms with Gasteiger partial charge in [0.05, 0.1) is 22.4 Å². The van der Waals surface area contributed by atoms with E-state index in [-0.39, 0.29) is 11.8 Å². The van der Waals surface area contributed by atoms with Gasteiger partial charge < -0.3 is 14.7 Å². The van der Waals surface area contributed by atoms with E-state index in [0.717, 1.165) is 53.4 Å². The van der Waals surface area contributed by atoms with Gasteiger partial charge in [-0.25, -0.2) is 0 Å². The zero-order chi connectivity index (χ0) is 33.5. The summed E-state index contributed by atoms with van der Waals surface area (Å²) in [6.07, 6.45) is 13.3. The van der Waals surface area contributed by atoms with Crippen molar-refractivity contribution < 1.29 is 24.0 Å². The van der Waals surface area contributed by atoms with E-state index in [1.54, 1.807) is 11.8 Å². The minimum Gasteiger partial charge on any atom is -0.481 e. The second-order valence-corrected chi connectivity index (χ2v) is 14.4. The molecule has 8 heteroatoms. The van der Waals surface area contributed by atoms with Gasteiger partial charge in [-0.3, -0.25) is 9.59 Å². The number of carbonyl (C=O) groups excluding carboxylic acids is 1. The number of hydrogen-bond acceptors (Lipinski definition) is 5. The summed E-state index contributed by atoms with van der Waals surface area (Å²) < 4.78 is 8.47. The summed E-state index contributed by atoms with van der Waals surface area (Å²) in [6.45, 7) is 5.10. The minimum absolute atomic E-state index is 0.0336. The standard InChI is InChI=1S/C40H39IN2O4S/c1-2-21-40(27-29-12-6-11-17-34(29)41)35(18-4-3-5-19-36-42(24-26-48-36)23-25-47-28-44)43(22-20-37(45)46)39-33-16-10-8-14-31(33)30-13-7-9-15-32(30)38(39)40/h3-19,28H,2,20-27H2,1H3/p+1. The third-order valence-corrected chi connectivity index (χ3v) is 11.4. The van der Waals surface area contributed by atoms with Gasteiger partial charge in [0.1, 0.15) is 13.0 Å². The monoisotopic (exact) mass is 771 g/mol. The lowest BCUT2D eigenvalue weighted by molar-refractivity contribution is -0.435. The van der Waals surface area contributed by atoms with E-state index in [1.165, 1.54) is 30.9 Å². The maximum absolute atomic E-state index is 12.1. The highest BCUT2D eigenvalue weighted by Gasteiger charge is 2.52. The molecule has 1 N–H and O–H groups in total. The van der Waals surface area contributed by atoms with E-state index in [4.69, 9.17) is 4.74 Å². The molecule has 1 saturated heterocycles. The molecule has 6 rings (SSSR count). The molecule has 6 nitrogen and oxygen atoms in total. The number of hydrogen-bond donors (Lipinski definition) is 1. The van der Waals surface area contributed by atoms with Gasteiger partial charge in [-0.05, 0) is 75.4 Å². The summed E-state index contributed by atoms with van der Waals surface area (Å²) in [5.41, 5.74) is 4.48. The molecule has 48 heavy (non-hydrogen) atoms. The first-order valence-electron chi connectivity index (χ1n) is 16.5. The number of rotatable bonds is 14. The molecule has 4 aromatic rings. The van der Waals surface area contributed by atoms with E-state index in [2.05, 4.69) is 142 Å². The summed E-state index contributed by atoms with van der Waals surface area (Å²) in [6, 6.07) is 25.9. The topological polar surface area (TPSA) is 69.8 Å². The first kappa shape index (κ1) is 34.0. The van der Waals surface area contributed by atoms with E-state index < -0.39 is 5.97 Å². The smallest absolute Gasteiger partial charge is 0.309 e. The number of ether oxygens (including phenoxy) is 1. The van der Waals surface area contributed by atoms with E-state index in [9.17, 15) is 14.7 Å². The fourth-order valence-electron chi connectivity index (χ4n) is 7.39. The van der Waals surface area contributed by atoms with Crippen LogP contribution in [0.5, 0.6) is 0 Å². The Morgan fingerprint density at radius 2 is 1.71 bits per heavy atom. The highest BCUT2D eigenvalue weighted by atomic mass is 127. The van der Waals surface area contributed by atoms with Crippen LogP contribution in [0.3, 0.4) is 0 Å². The van der Waals surface area contributed by atoms with E-state index >= 15 is 0 Å². The summed E-state index contributed by atoms with van der Waals surface area (Å²) in [4.78, 5) is 24.9. The van der Waals surface area contributed by atoms with Crippen LogP contribution < -0.4 is 0 Å². The van der Waals surface area contributed by atoms with Crippen LogP contribution in [0.2, 0.25) is 0 Å². The summed E-state index contributed by atoms with van der Waals surface area (Å²) >= 11 is 4.26. The zero-order valence-electron chi connectivity index (χ0n) is 27.1. The number of nitrogens with zero attached hydrogens (tertiary/aromatic N) is 2. The van der Waals surface area contributed by atoms with Crippen LogP contribution in [0.15, 0.2) is 108 Å². The molecular formula is C40H40IN2O4S+. The molecule has 1 atom stereocenters. The third-order valence-electron chi connectivity index (χ3n) is 9.30. The van der Waals surface area contributed by atoms with E-state index in [1.807, 2.05) is 0 Å². The van der Waals surface area contributed by atoms with Crippen molar-refractivity contribution >= 4 is 79.7 Å². The molecule has 0 aromatic heterocycles. The van der Waals surface area contributed by atoms with Gasteiger partial charge in [0, 0.05) is 27.5 Å². The van der Waals surface area contributed by atoms with Crippen molar-refractivity contribution in [1.29, 1.82) is 0 Å². The fourth-order valence-corrected chi connectivity index (χ4v) is 9.03. The number of carbonyl (C=O) groups is 2. The number of fused-ring (bicyclic) bond motifs is 6. The molecule has 2 heterocycles. The molecule has 0 radical (unpaired) electrons. The number of allylic oxidation sites excluding steroid dienone is 5. The maximum Gasteiger partial charge on any atom is 0.309 e. The third kappa shape index (κ3) is 6.83. The Hall–Kier alpha value is -3.89. The van der Waals surface area contributed by atoms with Gasteiger partial charge in [0.2, 0.25) is 5.69 Å². The Kier molecular flexibility index (Phi) is 11.0. The molecule has 1 unspecified atom stereocenters. The molecule has 0 spiro atoms. The van der Waals surface area contributed by atoms with Crippen molar-refractivity contribution in [1.82, 2.24) is 4.90 Å². The first-order chi connectivity index (χ1) is 23.5. The Morgan fingerprint density at radius 1 is 1.00 bits per heavy atom. The Labute approximate surface area is 300 Å². The summed E-state index contributed by atoms with van der Waals surface area (Å²) in [5.74, 6) is 0.199. The van der Waals surface area contributed by atoms with Crippen LogP contribution in [-0.4, -0.2) is 64.7 Å². The number of halogens is 1. The molecule has 4 aromatic carbocycles. The van der Waals surface area contributed by atoms with Gasteiger partial charge in [-0.15, -0.1) is 11.8 Å². The van der Waals surface area contributed by atoms with Crippen molar-refractivity contribution in [3.63, 3.8) is 0 Å². The molecule has 0 saturated carbocycles. The quantitative estimate of drug-likeness (QED) is 0.0346. The summed E-state index contributed by atoms with van der Waals surface area (Å²) in [7, 11) is 0. The lowest BCUT2D eigenvalue weighted by Crippen LogP contribution is -2.37. The van der Waals surface area contributed by atoms with Gasteiger partial charge in [0.25, 0.3) is 6.47 Å². The normalized spacial score (nSPS) is 18.6. The van der Waals surface area contributed by atoms with Crippen molar-refractivity contribution in [3.05, 3.63) is 123 Å². The molecule has 0 aliphatic carbocycles. The molecule has 0 amide bonds. The highest BCUT2D eigenvalue weighted by molar-refractivity contribution is 14.1. The number of thioether (sulfide) groups is 1. The van der Waals surface area contributed by atoms with Crippen molar-refractivity contribution in [2.45, 2.75) is 38.0 Å². The Bertz CT molecular complexity index is 1970. The largest absolute Gasteiger partial charge is 0.481 e. The average Bonchev–Trinajstić information content (AvgIpc) is 3.65. The van der Waals surface area contributed by atoms with Crippen LogP contribution in [-0.2, 0) is 26.2 Å². The van der Waals surface area contributed by atoms with Crippen LogP contribution in [0.4, 0.5) is 5.69 Å². The van der Waals surface area contributed by atoms with Gasteiger partial charge in [-0.1, -0.05) is 92.2 Å². The van der Waals surface area contributed by atoms with Crippen molar-refractivity contribution in [2.24, 2.45) is 0 Å². The zero-order valence-corrected chi connectivity index (χ0v) is 30.1. The predicted octanol–water partition coefficient (Wildman–Crippen LogP) is 8.63. The van der Waals surface area contributed by atoms with Gasteiger partial charge >= 0.3 is 5.97 Å². The summed E-state index contributed by atoms with van der Waals surface area (Å²) in [5, 5.41) is 15.9. The highest BCUT2D eigenvalue weighted by Crippen LogP contribution is 2.52. The van der Waals surface area contributed by atoms with Crippen molar-refractivity contribution in [3.8, 4) is 0 Å². The second kappa shape index (κ2) is 15.6. The number of benzene rings is 4. The molecule has 2 aliphatic heterocycles. The molecular weight excluding hydrogens is 731 g/mol. The predicted molar refractivity (Wildman–Crippen MR) is 205 cm³/mol. The van der Waals surface area contributed by atoms with Crippen LogP contribution in [0.25, 0.3) is 21.5 Å². The van der Waals surface area contributed by atoms with Gasteiger partial charge in [-0.2, -0.15) is 4.58 Å². The Balaban J connectivity index is 1.54. The number of carboxylic acids is 1. The molecule has 2 aliphatic rings.